The third-order valence-electron chi connectivity index (χ3n) is 2.76. The Balaban J connectivity index is 3.88. The highest BCUT2D eigenvalue weighted by Crippen LogP contribution is 2.06. The SMILES string of the molecule is C=CCC(C)C=CC=CC#CC(C)CCCC(C)=O. The number of carbonyl (C=O) groups is 1. The van der Waals surface area contributed by atoms with Crippen molar-refractivity contribution in [3.05, 3.63) is 37.0 Å². The van der Waals surface area contributed by atoms with Crippen LogP contribution in [-0.2, 0) is 4.79 Å². The first-order valence-electron chi connectivity index (χ1n) is 7.01. The fourth-order valence-corrected chi connectivity index (χ4v) is 1.62. The molecule has 0 rings (SSSR count). The molecule has 0 aromatic carbocycles. The molecule has 0 aliphatic heterocycles. The Bertz CT molecular complexity index is 376. The molecule has 0 aliphatic rings. The molecule has 2 unspecified atom stereocenters. The second-order valence-electron chi connectivity index (χ2n) is 5.03. The van der Waals surface area contributed by atoms with Crippen molar-refractivity contribution in [3.8, 4) is 11.8 Å². The number of hydrogen-bond acceptors (Lipinski definition) is 1. The van der Waals surface area contributed by atoms with Gasteiger partial charge in [-0.3, -0.25) is 0 Å². The van der Waals surface area contributed by atoms with Crippen LogP contribution in [0.2, 0.25) is 0 Å². The van der Waals surface area contributed by atoms with E-state index >= 15 is 0 Å². The van der Waals surface area contributed by atoms with Crippen LogP contribution in [0.25, 0.3) is 0 Å². The van der Waals surface area contributed by atoms with E-state index < -0.39 is 0 Å². The summed E-state index contributed by atoms with van der Waals surface area (Å²) in [7, 11) is 0. The van der Waals surface area contributed by atoms with Crippen molar-refractivity contribution in [2.24, 2.45) is 11.8 Å². The largest absolute Gasteiger partial charge is 0.300 e. The van der Waals surface area contributed by atoms with E-state index in [1.54, 1.807) is 6.92 Å². The lowest BCUT2D eigenvalue weighted by Crippen LogP contribution is -1.94. The third-order valence-corrected chi connectivity index (χ3v) is 2.76. The van der Waals surface area contributed by atoms with Gasteiger partial charge in [-0.2, -0.15) is 0 Å². The van der Waals surface area contributed by atoms with Crippen LogP contribution >= 0.6 is 0 Å². The number of rotatable bonds is 8. The monoisotopic (exact) mass is 258 g/mol. The fraction of sp³-hybridized carbons (Fsp3) is 0.500. The molecular formula is C18H26O. The fourth-order valence-electron chi connectivity index (χ4n) is 1.62. The van der Waals surface area contributed by atoms with Gasteiger partial charge in [-0.1, -0.05) is 50.0 Å². The van der Waals surface area contributed by atoms with Crippen LogP contribution in [0.15, 0.2) is 37.0 Å². The van der Waals surface area contributed by atoms with E-state index in [0.29, 0.717) is 18.3 Å². The molecule has 104 valence electrons. The molecule has 0 amide bonds. The maximum absolute atomic E-state index is 10.8. The molecule has 0 saturated heterocycles. The molecule has 2 atom stereocenters. The van der Waals surface area contributed by atoms with Crippen LogP contribution in [0.4, 0.5) is 0 Å². The van der Waals surface area contributed by atoms with Crippen molar-refractivity contribution in [1.82, 2.24) is 0 Å². The average molecular weight is 258 g/mol. The quantitative estimate of drug-likeness (QED) is 0.350. The maximum atomic E-state index is 10.8. The predicted octanol–water partition coefficient (Wildman–Crippen LogP) is 4.71. The van der Waals surface area contributed by atoms with E-state index in [9.17, 15) is 4.79 Å². The number of Topliss-reactive ketones (excluding diaryl/α,β-unsaturated/α-hetero) is 1. The minimum absolute atomic E-state index is 0.263. The zero-order valence-electron chi connectivity index (χ0n) is 12.5. The van der Waals surface area contributed by atoms with Gasteiger partial charge in [0.05, 0.1) is 0 Å². The molecule has 0 spiro atoms. The van der Waals surface area contributed by atoms with Gasteiger partial charge in [-0.15, -0.1) is 6.58 Å². The van der Waals surface area contributed by atoms with Gasteiger partial charge in [0.25, 0.3) is 0 Å². The summed E-state index contributed by atoms with van der Waals surface area (Å²) in [5.41, 5.74) is 0. The molecule has 0 aromatic heterocycles. The van der Waals surface area contributed by atoms with Crippen LogP contribution < -0.4 is 0 Å². The van der Waals surface area contributed by atoms with E-state index in [4.69, 9.17) is 0 Å². The minimum Gasteiger partial charge on any atom is -0.300 e. The van der Waals surface area contributed by atoms with Crippen molar-refractivity contribution in [1.29, 1.82) is 0 Å². The van der Waals surface area contributed by atoms with E-state index in [-0.39, 0.29) is 5.78 Å². The summed E-state index contributed by atoms with van der Waals surface area (Å²) in [6.45, 7) is 9.62. The van der Waals surface area contributed by atoms with Crippen LogP contribution in [0, 0.1) is 23.7 Å². The van der Waals surface area contributed by atoms with E-state index in [1.807, 2.05) is 24.3 Å². The molecule has 0 bridgehead atoms. The molecule has 0 radical (unpaired) electrons. The summed E-state index contributed by atoms with van der Waals surface area (Å²) in [6.07, 6.45) is 13.6. The molecule has 19 heavy (non-hydrogen) atoms. The van der Waals surface area contributed by atoms with Gasteiger partial charge in [0.1, 0.15) is 5.78 Å². The van der Waals surface area contributed by atoms with Crippen molar-refractivity contribution >= 4 is 5.78 Å². The van der Waals surface area contributed by atoms with Crippen LogP contribution in [0.1, 0.15) is 46.5 Å². The minimum atomic E-state index is 0.263. The second-order valence-corrected chi connectivity index (χ2v) is 5.03. The highest BCUT2D eigenvalue weighted by Gasteiger charge is 1.98. The van der Waals surface area contributed by atoms with Crippen molar-refractivity contribution in [3.63, 3.8) is 0 Å². The zero-order valence-corrected chi connectivity index (χ0v) is 12.5. The Kier molecular flexibility index (Phi) is 10.6. The first-order valence-corrected chi connectivity index (χ1v) is 7.01. The number of allylic oxidation sites excluding steroid dienone is 5. The standard InChI is InChI=1S/C18H26O/c1-5-11-16(2)12-8-6-7-9-13-17(3)14-10-15-18(4)19/h5-8,12,16-17H,1,10-11,14-15H2,2-4H3. The highest BCUT2D eigenvalue weighted by molar-refractivity contribution is 5.75. The smallest absolute Gasteiger partial charge is 0.129 e. The topological polar surface area (TPSA) is 17.1 Å². The van der Waals surface area contributed by atoms with Crippen LogP contribution in [0.3, 0.4) is 0 Å². The van der Waals surface area contributed by atoms with Crippen molar-refractivity contribution < 1.29 is 4.79 Å². The first kappa shape index (κ1) is 17.4. The number of carbonyl (C=O) groups excluding carboxylic acids is 1. The highest BCUT2D eigenvalue weighted by atomic mass is 16.1. The Morgan fingerprint density at radius 2 is 2.05 bits per heavy atom. The summed E-state index contributed by atoms with van der Waals surface area (Å²) in [5.74, 6) is 7.36. The Morgan fingerprint density at radius 1 is 1.32 bits per heavy atom. The van der Waals surface area contributed by atoms with E-state index in [1.165, 1.54) is 0 Å². The maximum Gasteiger partial charge on any atom is 0.129 e. The zero-order chi connectivity index (χ0) is 14.5. The van der Waals surface area contributed by atoms with E-state index in [0.717, 1.165) is 19.3 Å². The summed E-state index contributed by atoms with van der Waals surface area (Å²) in [5, 5.41) is 0. The van der Waals surface area contributed by atoms with Crippen molar-refractivity contribution in [2.45, 2.75) is 46.5 Å². The van der Waals surface area contributed by atoms with Crippen LogP contribution in [-0.4, -0.2) is 5.78 Å². The molecule has 1 nitrogen and oxygen atoms in total. The van der Waals surface area contributed by atoms with E-state index in [2.05, 4.69) is 38.3 Å². The summed E-state index contributed by atoms with van der Waals surface area (Å²) >= 11 is 0. The van der Waals surface area contributed by atoms with Gasteiger partial charge in [-0.25, -0.2) is 0 Å². The lowest BCUT2D eigenvalue weighted by Gasteiger charge is -2.00. The Morgan fingerprint density at radius 3 is 2.68 bits per heavy atom. The van der Waals surface area contributed by atoms with Gasteiger partial charge in [-0.05, 0) is 38.2 Å². The number of ketones is 1. The summed E-state index contributed by atoms with van der Waals surface area (Å²) in [4.78, 5) is 10.8. The molecule has 0 aliphatic carbocycles. The number of hydrogen-bond donors (Lipinski definition) is 0. The lowest BCUT2D eigenvalue weighted by molar-refractivity contribution is -0.117. The molecule has 0 aromatic rings. The molecule has 1 heteroatoms. The molecule has 0 N–H and O–H groups in total. The van der Waals surface area contributed by atoms with Gasteiger partial charge >= 0.3 is 0 Å². The lowest BCUT2D eigenvalue weighted by atomic mass is 10.0. The van der Waals surface area contributed by atoms with Crippen LogP contribution in [0.5, 0.6) is 0 Å². The normalized spacial score (nSPS) is 14.1. The predicted molar refractivity (Wildman–Crippen MR) is 83.7 cm³/mol. The average Bonchev–Trinajstić information content (AvgIpc) is 2.33. The Labute approximate surface area is 118 Å². The molecule has 0 heterocycles. The summed E-state index contributed by atoms with van der Waals surface area (Å²) < 4.78 is 0. The van der Waals surface area contributed by atoms with Gasteiger partial charge < -0.3 is 4.79 Å². The summed E-state index contributed by atoms with van der Waals surface area (Å²) in [6, 6.07) is 0. The van der Waals surface area contributed by atoms with Crippen molar-refractivity contribution in [2.75, 3.05) is 0 Å². The first-order chi connectivity index (χ1) is 9.06. The second kappa shape index (κ2) is 11.5. The molecule has 0 fully saturated rings. The third kappa shape index (κ3) is 12.7. The molecular weight excluding hydrogens is 232 g/mol. The van der Waals surface area contributed by atoms with Gasteiger partial charge in [0.15, 0.2) is 0 Å². The Hall–Kier alpha value is -1.55. The van der Waals surface area contributed by atoms with Gasteiger partial charge in [0, 0.05) is 12.3 Å². The van der Waals surface area contributed by atoms with Gasteiger partial charge in [0.2, 0.25) is 0 Å². The molecule has 0 saturated carbocycles.